The summed E-state index contributed by atoms with van der Waals surface area (Å²) in [6.45, 7) is 3.35. The van der Waals surface area contributed by atoms with Crippen molar-refractivity contribution in [2.24, 2.45) is 11.8 Å². The van der Waals surface area contributed by atoms with Gasteiger partial charge in [-0.3, -0.25) is 4.79 Å². The summed E-state index contributed by atoms with van der Waals surface area (Å²) in [7, 11) is -2.26. The zero-order chi connectivity index (χ0) is 17.6. The van der Waals surface area contributed by atoms with Gasteiger partial charge in [0, 0.05) is 37.8 Å². The molecule has 1 aromatic carbocycles. The molecule has 1 aliphatic carbocycles. The maximum Gasteiger partial charge on any atom is 0.253 e. The van der Waals surface area contributed by atoms with Gasteiger partial charge in [0.1, 0.15) is 10.6 Å². The van der Waals surface area contributed by atoms with Crippen molar-refractivity contribution in [1.82, 2.24) is 14.9 Å². The first-order valence-corrected chi connectivity index (χ1v) is 10.2. The van der Waals surface area contributed by atoms with Gasteiger partial charge in [0.15, 0.2) is 0 Å². The first-order valence-electron chi connectivity index (χ1n) is 8.68. The van der Waals surface area contributed by atoms with E-state index in [2.05, 4.69) is 10.0 Å². The molecule has 1 amide bonds. The van der Waals surface area contributed by atoms with E-state index in [1.807, 2.05) is 4.90 Å². The van der Waals surface area contributed by atoms with Crippen LogP contribution in [0.5, 0.6) is 5.75 Å². The van der Waals surface area contributed by atoms with Crippen LogP contribution in [0.1, 0.15) is 23.2 Å². The first kappa shape index (κ1) is 19.4. The summed E-state index contributed by atoms with van der Waals surface area (Å²) in [6.07, 6.45) is 1.70. The van der Waals surface area contributed by atoms with Gasteiger partial charge in [-0.15, -0.1) is 12.4 Å². The normalized spacial score (nSPS) is 24.9. The number of carbonyl (C=O) groups excluding carboxylic acids is 1. The maximum atomic E-state index is 12.8. The molecule has 2 heterocycles. The van der Waals surface area contributed by atoms with Crippen LogP contribution in [0.25, 0.3) is 0 Å². The quantitative estimate of drug-likeness (QED) is 0.763. The maximum absolute atomic E-state index is 12.8. The number of benzene rings is 1. The number of sulfonamides is 1. The van der Waals surface area contributed by atoms with Gasteiger partial charge < -0.3 is 15.0 Å². The Balaban J connectivity index is 0.00000196. The Kier molecular flexibility index (Phi) is 5.48. The van der Waals surface area contributed by atoms with Crippen LogP contribution in [0.15, 0.2) is 23.1 Å². The van der Waals surface area contributed by atoms with E-state index < -0.39 is 10.0 Å². The molecule has 9 heteroatoms. The van der Waals surface area contributed by atoms with Crippen LogP contribution >= 0.6 is 12.4 Å². The van der Waals surface area contributed by atoms with Gasteiger partial charge >= 0.3 is 0 Å². The van der Waals surface area contributed by atoms with E-state index in [4.69, 9.17) is 4.74 Å². The fourth-order valence-electron chi connectivity index (χ4n) is 3.71. The fourth-order valence-corrected chi connectivity index (χ4v) is 5.21. The van der Waals surface area contributed by atoms with Gasteiger partial charge in [-0.25, -0.2) is 13.1 Å². The van der Waals surface area contributed by atoms with Crippen molar-refractivity contribution in [3.8, 4) is 5.75 Å². The number of nitrogens with zero attached hydrogens (tertiary/aromatic N) is 1. The predicted octanol–water partition coefficient (Wildman–Crippen LogP) is 0.849. The van der Waals surface area contributed by atoms with Crippen LogP contribution in [0, 0.1) is 11.8 Å². The highest BCUT2D eigenvalue weighted by atomic mass is 35.5. The van der Waals surface area contributed by atoms with Crippen LogP contribution in [-0.4, -0.2) is 58.6 Å². The third kappa shape index (κ3) is 3.69. The van der Waals surface area contributed by atoms with E-state index in [-0.39, 0.29) is 35.0 Å². The van der Waals surface area contributed by atoms with Gasteiger partial charge in [-0.1, -0.05) is 0 Å². The number of nitrogens with one attached hydrogen (secondary N) is 2. The summed E-state index contributed by atoms with van der Waals surface area (Å²) in [6, 6.07) is 4.65. The molecule has 4 rings (SSSR count). The van der Waals surface area contributed by atoms with Crippen molar-refractivity contribution < 1.29 is 17.9 Å². The highest BCUT2D eigenvalue weighted by Gasteiger charge is 2.38. The number of rotatable bonds is 5. The number of halogens is 1. The number of methoxy groups -OCH3 is 1. The highest BCUT2D eigenvalue weighted by molar-refractivity contribution is 7.89. The second-order valence-electron chi connectivity index (χ2n) is 7.15. The van der Waals surface area contributed by atoms with Crippen LogP contribution in [0.2, 0.25) is 0 Å². The molecule has 1 saturated carbocycles. The minimum Gasteiger partial charge on any atom is -0.495 e. The SMILES string of the molecule is COc1ccc(C(=O)N2C[C@H]3CNC[C@H]3C2)cc1S(=O)(=O)NC1CC1.Cl. The zero-order valence-electron chi connectivity index (χ0n) is 14.6. The summed E-state index contributed by atoms with van der Waals surface area (Å²) < 4.78 is 33.0. The van der Waals surface area contributed by atoms with Crippen molar-refractivity contribution in [3.63, 3.8) is 0 Å². The van der Waals surface area contributed by atoms with Gasteiger partial charge in [0.25, 0.3) is 5.91 Å². The molecule has 0 radical (unpaired) electrons. The van der Waals surface area contributed by atoms with E-state index >= 15 is 0 Å². The van der Waals surface area contributed by atoms with Gasteiger partial charge in [0.05, 0.1) is 7.11 Å². The van der Waals surface area contributed by atoms with Crippen molar-refractivity contribution in [3.05, 3.63) is 23.8 Å². The number of ether oxygens (including phenoxy) is 1. The molecule has 7 nitrogen and oxygen atoms in total. The molecule has 3 fully saturated rings. The van der Waals surface area contributed by atoms with Gasteiger partial charge in [-0.05, 0) is 42.9 Å². The van der Waals surface area contributed by atoms with Crippen LogP contribution in [0.3, 0.4) is 0 Å². The number of hydrogen-bond donors (Lipinski definition) is 2. The van der Waals surface area contributed by atoms with E-state index in [1.165, 1.54) is 13.2 Å². The average molecular weight is 402 g/mol. The lowest BCUT2D eigenvalue weighted by molar-refractivity contribution is 0.0781. The molecule has 3 aliphatic rings. The number of hydrogen-bond acceptors (Lipinski definition) is 5. The summed E-state index contributed by atoms with van der Waals surface area (Å²) in [5.74, 6) is 1.15. The lowest BCUT2D eigenvalue weighted by atomic mass is 10.0. The Morgan fingerprint density at radius 3 is 2.46 bits per heavy atom. The molecule has 2 aliphatic heterocycles. The van der Waals surface area contributed by atoms with Crippen LogP contribution in [-0.2, 0) is 10.0 Å². The molecule has 144 valence electrons. The van der Waals surface area contributed by atoms with Gasteiger partial charge in [-0.2, -0.15) is 0 Å². The Morgan fingerprint density at radius 1 is 1.23 bits per heavy atom. The Labute approximate surface area is 159 Å². The number of likely N-dealkylation sites (tertiary alicyclic amines) is 1. The second kappa shape index (κ2) is 7.34. The lowest BCUT2D eigenvalue weighted by Crippen LogP contribution is -2.32. The third-order valence-electron chi connectivity index (χ3n) is 5.28. The molecular weight excluding hydrogens is 378 g/mol. The van der Waals surface area contributed by atoms with Crippen molar-refractivity contribution in [2.45, 2.75) is 23.8 Å². The molecular formula is C17H24ClN3O4S. The van der Waals surface area contributed by atoms with Crippen LogP contribution < -0.4 is 14.8 Å². The average Bonchev–Trinajstić information content (AvgIpc) is 3.13. The van der Waals surface area contributed by atoms with Crippen molar-refractivity contribution >= 4 is 28.3 Å². The molecule has 2 saturated heterocycles. The number of fused-ring (bicyclic) bond motifs is 1. The second-order valence-corrected chi connectivity index (χ2v) is 8.83. The molecule has 0 aromatic heterocycles. The number of carbonyl (C=O) groups is 1. The molecule has 26 heavy (non-hydrogen) atoms. The topological polar surface area (TPSA) is 87.7 Å². The molecule has 2 atom stereocenters. The Hall–Kier alpha value is -1.35. The molecule has 0 unspecified atom stereocenters. The van der Waals surface area contributed by atoms with Crippen molar-refractivity contribution in [1.29, 1.82) is 0 Å². The molecule has 2 N–H and O–H groups in total. The van der Waals surface area contributed by atoms with Crippen LogP contribution in [0.4, 0.5) is 0 Å². The minimum absolute atomic E-state index is 0. The summed E-state index contributed by atoms with van der Waals surface area (Å²) in [5.41, 5.74) is 0.393. The van der Waals surface area contributed by atoms with E-state index in [1.54, 1.807) is 12.1 Å². The Bertz CT molecular complexity index is 785. The summed E-state index contributed by atoms with van der Waals surface area (Å²) in [5, 5.41) is 3.35. The first-order chi connectivity index (χ1) is 12.0. The number of amides is 1. The summed E-state index contributed by atoms with van der Waals surface area (Å²) >= 11 is 0. The van der Waals surface area contributed by atoms with Gasteiger partial charge in [0.2, 0.25) is 10.0 Å². The monoisotopic (exact) mass is 401 g/mol. The summed E-state index contributed by atoms with van der Waals surface area (Å²) in [4.78, 5) is 14.7. The predicted molar refractivity (Wildman–Crippen MR) is 99.3 cm³/mol. The highest BCUT2D eigenvalue weighted by Crippen LogP contribution is 2.31. The Morgan fingerprint density at radius 2 is 1.88 bits per heavy atom. The molecule has 1 aromatic rings. The zero-order valence-corrected chi connectivity index (χ0v) is 16.2. The van der Waals surface area contributed by atoms with E-state index in [0.29, 0.717) is 17.4 Å². The standard InChI is InChI=1S/C17H23N3O4S.ClH/c1-24-15-5-2-11(6-16(15)25(22,23)19-14-3-4-14)17(21)20-9-12-7-18-8-13(12)10-20;/h2,5-6,12-14,18-19H,3-4,7-10H2,1H3;1H/t12-,13+;. The minimum atomic E-state index is -3.69. The largest absolute Gasteiger partial charge is 0.495 e. The molecule has 0 spiro atoms. The third-order valence-corrected chi connectivity index (χ3v) is 6.82. The smallest absolute Gasteiger partial charge is 0.253 e. The van der Waals surface area contributed by atoms with Crippen molar-refractivity contribution in [2.75, 3.05) is 33.3 Å². The fraction of sp³-hybridized carbons (Fsp3) is 0.588. The van der Waals surface area contributed by atoms with E-state index in [9.17, 15) is 13.2 Å². The lowest BCUT2D eigenvalue weighted by Gasteiger charge is -2.19. The van der Waals surface area contributed by atoms with E-state index in [0.717, 1.165) is 39.0 Å². The molecule has 0 bridgehead atoms.